The van der Waals surface area contributed by atoms with E-state index >= 15 is 0 Å². The Hall–Kier alpha value is -4.74. The average Bonchev–Trinajstić information content (AvgIpc) is 3.68. The van der Waals surface area contributed by atoms with Gasteiger partial charge in [-0.25, -0.2) is 23.8 Å². The van der Waals surface area contributed by atoms with Crippen LogP contribution in [0.1, 0.15) is 49.4 Å². The summed E-state index contributed by atoms with van der Waals surface area (Å²) in [6.45, 7) is 4.16. The van der Waals surface area contributed by atoms with Gasteiger partial charge in [0.1, 0.15) is 17.8 Å². The summed E-state index contributed by atoms with van der Waals surface area (Å²) >= 11 is 0. The SMILES string of the molecule is CC(C)c1ccc([C@H]2C[C@H](C(F)(F)F)n3nc(-c4nc5c6cnn(-c7ccccc7)c6ncn5n4)cc3N2)cc1. The largest absolute Gasteiger partial charge is 0.410 e. The van der Waals surface area contributed by atoms with Crippen molar-refractivity contribution in [3.05, 3.63) is 84.3 Å². The number of anilines is 1. The fourth-order valence-electron chi connectivity index (χ4n) is 5.20. The highest BCUT2D eigenvalue weighted by Gasteiger charge is 2.46. The minimum Gasteiger partial charge on any atom is -0.363 e. The van der Waals surface area contributed by atoms with Gasteiger partial charge in [0.2, 0.25) is 5.82 Å². The van der Waals surface area contributed by atoms with Gasteiger partial charge in [-0.2, -0.15) is 23.4 Å². The van der Waals surface area contributed by atoms with Crippen molar-refractivity contribution in [2.24, 2.45) is 0 Å². The summed E-state index contributed by atoms with van der Waals surface area (Å²) in [7, 11) is 0. The molecule has 0 radical (unpaired) electrons. The van der Waals surface area contributed by atoms with Crippen LogP contribution >= 0.6 is 0 Å². The number of rotatable bonds is 4. The van der Waals surface area contributed by atoms with Crippen molar-refractivity contribution in [1.29, 1.82) is 0 Å². The topological polar surface area (TPSA) is 90.8 Å². The molecule has 202 valence electrons. The van der Waals surface area contributed by atoms with Crippen molar-refractivity contribution < 1.29 is 13.2 Å². The maximum Gasteiger partial charge on any atom is 0.410 e. The third-order valence-electron chi connectivity index (χ3n) is 7.33. The number of halogens is 3. The van der Waals surface area contributed by atoms with Gasteiger partial charge in [-0.15, -0.1) is 5.10 Å². The molecule has 0 aliphatic carbocycles. The molecular weight excluding hydrogens is 519 g/mol. The Morgan fingerprint density at radius 1 is 0.975 bits per heavy atom. The van der Waals surface area contributed by atoms with Gasteiger partial charge in [-0.05, 0) is 29.2 Å². The first-order valence-corrected chi connectivity index (χ1v) is 12.9. The summed E-state index contributed by atoms with van der Waals surface area (Å²) in [5, 5.41) is 17.2. The molecule has 12 heteroatoms. The lowest BCUT2D eigenvalue weighted by atomic mass is 9.94. The molecular formula is C28H24F3N9. The maximum atomic E-state index is 14.2. The van der Waals surface area contributed by atoms with E-state index in [0.717, 1.165) is 21.5 Å². The zero-order chi connectivity index (χ0) is 27.6. The first-order valence-electron chi connectivity index (χ1n) is 12.9. The number of hydrogen-bond donors (Lipinski definition) is 1. The number of fused-ring (bicyclic) bond motifs is 4. The normalized spacial score (nSPS) is 17.4. The smallest absolute Gasteiger partial charge is 0.363 e. The molecule has 5 heterocycles. The van der Waals surface area contributed by atoms with Crippen LogP contribution in [-0.4, -0.2) is 45.3 Å². The van der Waals surface area contributed by atoms with Crippen LogP contribution in [-0.2, 0) is 0 Å². The van der Waals surface area contributed by atoms with Crippen molar-refractivity contribution in [2.45, 2.75) is 44.4 Å². The van der Waals surface area contributed by atoms with E-state index in [2.05, 4.69) is 44.4 Å². The number of nitrogens with one attached hydrogen (secondary N) is 1. The molecule has 4 aromatic heterocycles. The summed E-state index contributed by atoms with van der Waals surface area (Å²) in [5.74, 6) is 0.798. The molecule has 40 heavy (non-hydrogen) atoms. The number of nitrogens with zero attached hydrogens (tertiary/aromatic N) is 8. The Morgan fingerprint density at radius 3 is 2.48 bits per heavy atom. The predicted molar refractivity (Wildman–Crippen MR) is 143 cm³/mol. The van der Waals surface area contributed by atoms with Crippen molar-refractivity contribution in [1.82, 2.24) is 39.1 Å². The molecule has 0 bridgehead atoms. The number of benzene rings is 2. The fourth-order valence-corrected chi connectivity index (χ4v) is 5.20. The summed E-state index contributed by atoms with van der Waals surface area (Å²) in [5.41, 5.74) is 4.08. The van der Waals surface area contributed by atoms with Gasteiger partial charge in [0, 0.05) is 12.5 Å². The van der Waals surface area contributed by atoms with Gasteiger partial charge in [-0.3, -0.25) is 0 Å². The summed E-state index contributed by atoms with van der Waals surface area (Å²) < 4.78 is 46.9. The highest BCUT2D eigenvalue weighted by Crippen LogP contribution is 2.44. The summed E-state index contributed by atoms with van der Waals surface area (Å²) in [6, 6.07) is 16.5. The van der Waals surface area contributed by atoms with Crippen LogP contribution < -0.4 is 5.32 Å². The molecule has 1 aliphatic rings. The molecule has 7 rings (SSSR count). The van der Waals surface area contributed by atoms with Gasteiger partial charge < -0.3 is 5.32 Å². The second-order valence-corrected chi connectivity index (χ2v) is 10.2. The van der Waals surface area contributed by atoms with Gasteiger partial charge >= 0.3 is 6.18 Å². The van der Waals surface area contributed by atoms with Crippen LogP contribution in [0.3, 0.4) is 0 Å². The highest BCUT2D eigenvalue weighted by atomic mass is 19.4. The number of alkyl halides is 3. The number of aromatic nitrogens is 8. The van der Waals surface area contributed by atoms with E-state index in [4.69, 9.17) is 0 Å². The molecule has 6 aromatic rings. The standard InChI is InChI=1S/C28H24F3N9/c1-16(2)17-8-10-18(11-9-17)21-12-23(28(29,30)31)40-24(34-21)13-22(36-40)25-35-27-20-14-33-39(19-6-4-3-5-7-19)26(20)32-15-38(27)37-25/h3-11,13-16,21,23,34H,12H2,1-2H3/t21-,23-/m1/s1. The summed E-state index contributed by atoms with van der Waals surface area (Å²) in [6.07, 6.45) is -1.50. The Bertz CT molecular complexity index is 1830. The van der Waals surface area contributed by atoms with E-state index in [1.807, 2.05) is 54.6 Å². The van der Waals surface area contributed by atoms with E-state index in [9.17, 15) is 13.2 Å². The van der Waals surface area contributed by atoms with Crippen LogP contribution in [0.4, 0.5) is 19.0 Å². The average molecular weight is 544 g/mol. The second kappa shape index (κ2) is 8.90. The van der Waals surface area contributed by atoms with Gasteiger partial charge in [0.05, 0.1) is 23.3 Å². The van der Waals surface area contributed by atoms with Gasteiger partial charge in [0.15, 0.2) is 17.3 Å². The molecule has 1 N–H and O–H groups in total. The second-order valence-electron chi connectivity index (χ2n) is 10.2. The zero-order valence-corrected chi connectivity index (χ0v) is 21.6. The Balaban J connectivity index is 1.27. The molecule has 2 aromatic carbocycles. The zero-order valence-electron chi connectivity index (χ0n) is 21.6. The van der Waals surface area contributed by atoms with E-state index in [-0.39, 0.29) is 23.8 Å². The Kier molecular flexibility index (Phi) is 5.41. The lowest BCUT2D eigenvalue weighted by molar-refractivity contribution is -0.173. The molecule has 0 saturated carbocycles. The molecule has 1 aliphatic heterocycles. The Morgan fingerprint density at radius 2 is 1.75 bits per heavy atom. The molecule has 0 saturated heterocycles. The van der Waals surface area contributed by atoms with E-state index in [1.54, 1.807) is 16.9 Å². The first-order chi connectivity index (χ1) is 19.3. The van der Waals surface area contributed by atoms with E-state index in [0.29, 0.717) is 22.6 Å². The van der Waals surface area contributed by atoms with Crippen molar-refractivity contribution in [3.8, 4) is 17.2 Å². The van der Waals surface area contributed by atoms with E-state index < -0.39 is 18.3 Å². The lowest BCUT2D eigenvalue weighted by Crippen LogP contribution is -2.35. The molecule has 2 atom stereocenters. The fraction of sp³-hybridized carbons (Fsp3) is 0.250. The van der Waals surface area contributed by atoms with Crippen molar-refractivity contribution >= 4 is 22.5 Å². The third-order valence-corrected chi connectivity index (χ3v) is 7.33. The van der Waals surface area contributed by atoms with Crippen LogP contribution in [0.5, 0.6) is 0 Å². The lowest BCUT2D eigenvalue weighted by Gasteiger charge is -2.33. The van der Waals surface area contributed by atoms with Crippen molar-refractivity contribution in [2.75, 3.05) is 5.32 Å². The summed E-state index contributed by atoms with van der Waals surface area (Å²) in [4.78, 5) is 9.12. The van der Waals surface area contributed by atoms with Gasteiger partial charge in [0.25, 0.3) is 0 Å². The monoisotopic (exact) mass is 543 g/mol. The predicted octanol–water partition coefficient (Wildman–Crippen LogP) is 6.11. The van der Waals surface area contributed by atoms with E-state index in [1.165, 1.54) is 10.8 Å². The van der Waals surface area contributed by atoms with Crippen LogP contribution in [0.2, 0.25) is 0 Å². The quantitative estimate of drug-likeness (QED) is 0.289. The maximum absolute atomic E-state index is 14.2. The number of hydrogen-bond acceptors (Lipinski definition) is 6. The van der Waals surface area contributed by atoms with Crippen molar-refractivity contribution in [3.63, 3.8) is 0 Å². The third kappa shape index (κ3) is 3.98. The highest BCUT2D eigenvalue weighted by molar-refractivity contribution is 5.89. The van der Waals surface area contributed by atoms with Crippen LogP contribution in [0, 0.1) is 0 Å². The molecule has 0 unspecified atom stereocenters. The first kappa shape index (κ1) is 24.3. The van der Waals surface area contributed by atoms with Crippen LogP contribution in [0.15, 0.2) is 73.2 Å². The van der Waals surface area contributed by atoms with Crippen LogP contribution in [0.25, 0.3) is 33.9 Å². The molecule has 0 spiro atoms. The molecule has 0 amide bonds. The number of para-hydroxylation sites is 1. The minimum absolute atomic E-state index is 0.180. The Labute approximate surface area is 226 Å². The molecule has 0 fully saturated rings. The van der Waals surface area contributed by atoms with Gasteiger partial charge in [-0.1, -0.05) is 56.3 Å². The molecule has 9 nitrogen and oxygen atoms in total. The minimum atomic E-state index is -4.48.